The summed E-state index contributed by atoms with van der Waals surface area (Å²) in [6.07, 6.45) is 0.942. The number of amides is 1. The fourth-order valence-electron chi connectivity index (χ4n) is 1.24. The first kappa shape index (κ1) is 16.0. The van der Waals surface area contributed by atoms with Crippen LogP contribution in [-0.2, 0) is 14.6 Å². The number of sulfone groups is 1. The van der Waals surface area contributed by atoms with Gasteiger partial charge in [0.25, 0.3) is 0 Å². The van der Waals surface area contributed by atoms with Crippen molar-refractivity contribution < 1.29 is 28.2 Å². The largest absolute Gasteiger partial charge is 0.507 e. The zero-order chi connectivity index (χ0) is 15.7. The standard InChI is InChI=1S/C12H15NO6S/c1-12(2,20(3,18)19)11(17)13-7-4-5-8(10(15)16)9(14)6-7/h4-6,14H,1-3H3,(H,13,17)(H,15,16). The summed E-state index contributed by atoms with van der Waals surface area (Å²) >= 11 is 0. The first-order valence-electron chi connectivity index (χ1n) is 5.54. The third kappa shape index (κ3) is 3.08. The van der Waals surface area contributed by atoms with Crippen LogP contribution in [-0.4, -0.2) is 41.5 Å². The second-order valence-corrected chi connectivity index (χ2v) is 7.34. The van der Waals surface area contributed by atoms with Gasteiger partial charge in [-0.05, 0) is 26.0 Å². The molecule has 1 amide bonds. The summed E-state index contributed by atoms with van der Waals surface area (Å²) in [5.74, 6) is -2.60. The number of phenols is 1. The highest BCUT2D eigenvalue weighted by Gasteiger charge is 2.38. The maximum atomic E-state index is 11.9. The third-order valence-electron chi connectivity index (χ3n) is 2.96. The molecule has 3 N–H and O–H groups in total. The minimum Gasteiger partial charge on any atom is -0.507 e. The number of hydrogen-bond donors (Lipinski definition) is 3. The molecule has 0 heterocycles. The highest BCUT2D eigenvalue weighted by Crippen LogP contribution is 2.24. The summed E-state index contributed by atoms with van der Waals surface area (Å²) in [6.45, 7) is 2.51. The van der Waals surface area contributed by atoms with Crippen LogP contribution >= 0.6 is 0 Å². The number of nitrogens with one attached hydrogen (secondary N) is 1. The van der Waals surface area contributed by atoms with Gasteiger partial charge in [0.1, 0.15) is 16.1 Å². The van der Waals surface area contributed by atoms with E-state index in [9.17, 15) is 23.1 Å². The zero-order valence-electron chi connectivity index (χ0n) is 11.2. The number of aromatic hydroxyl groups is 1. The molecule has 0 spiro atoms. The van der Waals surface area contributed by atoms with Crippen molar-refractivity contribution in [3.63, 3.8) is 0 Å². The van der Waals surface area contributed by atoms with E-state index in [1.54, 1.807) is 0 Å². The summed E-state index contributed by atoms with van der Waals surface area (Å²) in [5.41, 5.74) is -0.209. The molecule has 8 heteroatoms. The van der Waals surface area contributed by atoms with Gasteiger partial charge in [-0.25, -0.2) is 13.2 Å². The third-order valence-corrected chi connectivity index (χ3v) is 5.00. The van der Waals surface area contributed by atoms with Crippen LogP contribution in [0.15, 0.2) is 18.2 Å². The Morgan fingerprint density at radius 1 is 1.25 bits per heavy atom. The van der Waals surface area contributed by atoms with E-state index in [0.717, 1.165) is 18.4 Å². The van der Waals surface area contributed by atoms with Crippen molar-refractivity contribution in [3.8, 4) is 5.75 Å². The number of carboxylic acid groups (broad SMARTS) is 1. The van der Waals surface area contributed by atoms with Gasteiger partial charge >= 0.3 is 5.97 Å². The molecule has 0 fully saturated rings. The number of carbonyl (C=O) groups is 2. The number of carbonyl (C=O) groups excluding carboxylic acids is 1. The van der Waals surface area contributed by atoms with Crippen LogP contribution in [0.5, 0.6) is 5.75 Å². The molecule has 110 valence electrons. The number of anilines is 1. The Morgan fingerprint density at radius 2 is 1.80 bits per heavy atom. The van der Waals surface area contributed by atoms with Crippen molar-refractivity contribution in [1.82, 2.24) is 0 Å². The zero-order valence-corrected chi connectivity index (χ0v) is 12.0. The molecule has 1 rings (SSSR count). The molecule has 0 aliphatic carbocycles. The second-order valence-electron chi connectivity index (χ2n) is 4.77. The molecule has 0 bridgehead atoms. The van der Waals surface area contributed by atoms with E-state index in [-0.39, 0.29) is 11.3 Å². The molecule has 0 unspecified atom stereocenters. The van der Waals surface area contributed by atoms with Crippen molar-refractivity contribution in [2.45, 2.75) is 18.6 Å². The number of carboxylic acids is 1. The van der Waals surface area contributed by atoms with Crippen molar-refractivity contribution in [2.24, 2.45) is 0 Å². The maximum absolute atomic E-state index is 11.9. The van der Waals surface area contributed by atoms with Gasteiger partial charge in [0.15, 0.2) is 9.84 Å². The van der Waals surface area contributed by atoms with Gasteiger partial charge in [-0.3, -0.25) is 4.79 Å². The Balaban J connectivity index is 3.04. The molecular weight excluding hydrogens is 286 g/mol. The van der Waals surface area contributed by atoms with Gasteiger partial charge in [0, 0.05) is 18.0 Å². The summed E-state index contributed by atoms with van der Waals surface area (Å²) in [5, 5.41) is 20.6. The lowest BCUT2D eigenvalue weighted by Crippen LogP contribution is -2.43. The van der Waals surface area contributed by atoms with Gasteiger partial charge in [0.05, 0.1) is 0 Å². The van der Waals surface area contributed by atoms with Crippen molar-refractivity contribution in [3.05, 3.63) is 23.8 Å². The Morgan fingerprint density at radius 3 is 2.20 bits per heavy atom. The van der Waals surface area contributed by atoms with Crippen LogP contribution < -0.4 is 5.32 Å². The van der Waals surface area contributed by atoms with E-state index in [1.807, 2.05) is 0 Å². The lowest BCUT2D eigenvalue weighted by molar-refractivity contribution is -0.117. The first-order valence-corrected chi connectivity index (χ1v) is 7.43. The predicted octanol–water partition coefficient (Wildman–Crippen LogP) is 0.852. The molecular formula is C12H15NO6S. The molecule has 0 atom stereocenters. The molecule has 0 aliphatic rings. The molecule has 7 nitrogen and oxygen atoms in total. The van der Waals surface area contributed by atoms with Crippen LogP contribution in [0.3, 0.4) is 0 Å². The summed E-state index contributed by atoms with van der Waals surface area (Å²) in [6, 6.07) is 3.42. The number of benzene rings is 1. The molecule has 0 saturated heterocycles. The SMILES string of the molecule is CC(C)(C(=O)Nc1ccc(C(=O)O)c(O)c1)S(C)(=O)=O. The van der Waals surface area contributed by atoms with E-state index in [4.69, 9.17) is 5.11 Å². The quantitative estimate of drug-likeness (QED) is 0.758. The predicted molar refractivity (Wildman–Crippen MR) is 72.6 cm³/mol. The average molecular weight is 301 g/mol. The van der Waals surface area contributed by atoms with Crippen molar-refractivity contribution in [2.75, 3.05) is 11.6 Å². The molecule has 0 radical (unpaired) electrons. The van der Waals surface area contributed by atoms with E-state index >= 15 is 0 Å². The van der Waals surface area contributed by atoms with Crippen LogP contribution in [0.25, 0.3) is 0 Å². The van der Waals surface area contributed by atoms with Crippen LogP contribution in [0.1, 0.15) is 24.2 Å². The minimum absolute atomic E-state index is 0.106. The lowest BCUT2D eigenvalue weighted by atomic mass is 10.1. The fourth-order valence-corrected chi connectivity index (χ4v) is 1.63. The monoisotopic (exact) mass is 301 g/mol. The highest BCUT2D eigenvalue weighted by atomic mass is 32.2. The Bertz CT molecular complexity index is 663. The molecule has 0 aromatic heterocycles. The maximum Gasteiger partial charge on any atom is 0.339 e. The van der Waals surface area contributed by atoms with Gasteiger partial charge in [-0.15, -0.1) is 0 Å². The molecule has 0 saturated carbocycles. The molecule has 1 aromatic carbocycles. The summed E-state index contributed by atoms with van der Waals surface area (Å²) in [7, 11) is -3.62. The molecule has 0 aliphatic heterocycles. The van der Waals surface area contributed by atoms with Crippen LogP contribution in [0.2, 0.25) is 0 Å². The van der Waals surface area contributed by atoms with Crippen molar-refractivity contribution in [1.29, 1.82) is 0 Å². The van der Waals surface area contributed by atoms with Crippen LogP contribution in [0, 0.1) is 0 Å². The Kier molecular flexibility index (Phi) is 4.09. The van der Waals surface area contributed by atoms with Gasteiger partial charge < -0.3 is 15.5 Å². The first-order chi connectivity index (χ1) is 8.96. The van der Waals surface area contributed by atoms with E-state index in [2.05, 4.69) is 5.32 Å². The Labute approximate surface area is 116 Å². The smallest absolute Gasteiger partial charge is 0.339 e. The second kappa shape index (κ2) is 5.12. The van der Waals surface area contributed by atoms with E-state index < -0.39 is 32.2 Å². The van der Waals surface area contributed by atoms with E-state index in [1.165, 1.54) is 19.9 Å². The molecule has 1 aromatic rings. The number of rotatable bonds is 4. The van der Waals surface area contributed by atoms with E-state index in [0.29, 0.717) is 0 Å². The fraction of sp³-hybridized carbons (Fsp3) is 0.333. The number of aromatic carboxylic acids is 1. The van der Waals surface area contributed by atoms with Gasteiger partial charge in [0.2, 0.25) is 5.91 Å². The van der Waals surface area contributed by atoms with Crippen molar-refractivity contribution >= 4 is 27.4 Å². The normalized spacial score (nSPS) is 11.9. The highest BCUT2D eigenvalue weighted by molar-refractivity contribution is 7.92. The summed E-state index contributed by atoms with van der Waals surface area (Å²) < 4.78 is 21.4. The minimum atomic E-state index is -3.62. The average Bonchev–Trinajstić information content (AvgIpc) is 2.26. The topological polar surface area (TPSA) is 121 Å². The number of hydrogen-bond acceptors (Lipinski definition) is 5. The van der Waals surface area contributed by atoms with Gasteiger partial charge in [-0.2, -0.15) is 0 Å². The summed E-state index contributed by atoms with van der Waals surface area (Å²) in [4.78, 5) is 22.6. The molecule has 20 heavy (non-hydrogen) atoms. The lowest BCUT2D eigenvalue weighted by Gasteiger charge is -2.21. The van der Waals surface area contributed by atoms with Crippen LogP contribution in [0.4, 0.5) is 5.69 Å². The van der Waals surface area contributed by atoms with Gasteiger partial charge in [-0.1, -0.05) is 0 Å². The Hall–Kier alpha value is -2.09.